The molecule has 2 aromatic carbocycles. The van der Waals surface area contributed by atoms with Crippen molar-refractivity contribution < 1.29 is 28.2 Å². The Kier molecular flexibility index (Phi) is 9.00. The van der Waals surface area contributed by atoms with E-state index in [9.17, 15) is 14.0 Å². The van der Waals surface area contributed by atoms with Gasteiger partial charge in [-0.1, -0.05) is 24.3 Å². The second-order valence-corrected chi connectivity index (χ2v) is 9.77. The molecule has 0 N–H and O–H groups in total. The van der Waals surface area contributed by atoms with E-state index in [4.69, 9.17) is 14.2 Å². The predicted octanol–water partition coefficient (Wildman–Crippen LogP) is 3.94. The van der Waals surface area contributed by atoms with E-state index in [1.165, 1.54) is 21.4 Å². The Morgan fingerprint density at radius 1 is 1.00 bits per heavy atom. The minimum absolute atomic E-state index is 0.145. The van der Waals surface area contributed by atoms with Crippen LogP contribution in [-0.4, -0.2) is 85.8 Å². The third-order valence-electron chi connectivity index (χ3n) is 7.11. The normalized spacial score (nSPS) is 20.8. The van der Waals surface area contributed by atoms with Crippen LogP contribution in [0.15, 0.2) is 48.5 Å². The highest BCUT2D eigenvalue weighted by atomic mass is 19.1. The lowest BCUT2D eigenvalue weighted by Gasteiger charge is -2.31. The van der Waals surface area contributed by atoms with Crippen LogP contribution < -0.4 is 9.47 Å². The Bertz CT molecular complexity index is 1070. The van der Waals surface area contributed by atoms with Crippen molar-refractivity contribution in [2.45, 2.75) is 37.8 Å². The summed E-state index contributed by atoms with van der Waals surface area (Å²) in [7, 11) is 3.33. The summed E-state index contributed by atoms with van der Waals surface area (Å²) < 4.78 is 31.5. The van der Waals surface area contributed by atoms with E-state index in [0.29, 0.717) is 26.2 Å². The van der Waals surface area contributed by atoms with Crippen molar-refractivity contribution in [1.82, 2.24) is 14.7 Å². The van der Waals surface area contributed by atoms with Gasteiger partial charge >= 0.3 is 6.03 Å². The van der Waals surface area contributed by atoms with E-state index in [1.54, 1.807) is 32.4 Å². The smallest absolute Gasteiger partial charge is 0.326 e. The number of ether oxygens (including phenoxy) is 3. The quantitative estimate of drug-likeness (QED) is 0.335. The van der Waals surface area contributed by atoms with Gasteiger partial charge in [-0.15, -0.1) is 0 Å². The number of rotatable bonds is 11. The summed E-state index contributed by atoms with van der Waals surface area (Å²) in [4.78, 5) is 28.8. The molecule has 0 aliphatic carbocycles. The monoisotopic (exact) mass is 513 g/mol. The maximum Gasteiger partial charge on any atom is 0.326 e. The van der Waals surface area contributed by atoms with Gasteiger partial charge in [-0.3, -0.25) is 14.6 Å². The third-order valence-corrected chi connectivity index (χ3v) is 7.11. The van der Waals surface area contributed by atoms with Gasteiger partial charge in [-0.2, -0.15) is 0 Å². The lowest BCUT2D eigenvalue weighted by atomic mass is 9.95. The number of likely N-dealkylation sites (N-methyl/N-ethyl adjacent to an activating group) is 1. The molecule has 0 unspecified atom stereocenters. The number of carbonyl (C=O) groups excluding carboxylic acids is 2. The molecule has 2 aliphatic heterocycles. The number of nitrogens with zero attached hydrogens (tertiary/aromatic N) is 3. The second-order valence-electron chi connectivity index (χ2n) is 9.77. The van der Waals surface area contributed by atoms with E-state index in [1.807, 2.05) is 12.1 Å². The topological polar surface area (TPSA) is 71.6 Å². The molecule has 2 aliphatic rings. The third kappa shape index (κ3) is 6.99. The number of benzene rings is 2. The van der Waals surface area contributed by atoms with Crippen LogP contribution in [0.4, 0.5) is 9.18 Å². The van der Waals surface area contributed by atoms with Crippen molar-refractivity contribution >= 4 is 11.9 Å². The van der Waals surface area contributed by atoms with Crippen LogP contribution in [0.2, 0.25) is 0 Å². The van der Waals surface area contributed by atoms with Gasteiger partial charge in [0.1, 0.15) is 24.5 Å². The molecule has 37 heavy (non-hydrogen) atoms. The van der Waals surface area contributed by atoms with E-state index in [0.717, 1.165) is 44.6 Å². The van der Waals surface area contributed by atoms with Crippen molar-refractivity contribution in [2.75, 3.05) is 53.6 Å². The van der Waals surface area contributed by atoms with E-state index in [-0.39, 0.29) is 30.0 Å². The van der Waals surface area contributed by atoms with Gasteiger partial charge in [0.15, 0.2) is 11.6 Å². The first-order valence-electron chi connectivity index (χ1n) is 12.8. The number of halogens is 1. The predicted molar refractivity (Wildman–Crippen MR) is 137 cm³/mol. The van der Waals surface area contributed by atoms with Crippen molar-refractivity contribution in [3.05, 3.63) is 59.9 Å². The number of hydrogen-bond acceptors (Lipinski definition) is 6. The van der Waals surface area contributed by atoms with Crippen molar-refractivity contribution in [3.63, 3.8) is 0 Å². The van der Waals surface area contributed by atoms with Crippen LogP contribution in [0.3, 0.4) is 0 Å². The summed E-state index contributed by atoms with van der Waals surface area (Å²) in [5.74, 6) is 0.499. The number of imide groups is 1. The summed E-state index contributed by atoms with van der Waals surface area (Å²) in [5, 5.41) is 0. The molecule has 4 rings (SSSR count). The van der Waals surface area contributed by atoms with E-state index < -0.39 is 5.60 Å². The fourth-order valence-electron chi connectivity index (χ4n) is 4.81. The minimum atomic E-state index is -0.436. The molecule has 0 radical (unpaired) electrons. The Morgan fingerprint density at radius 3 is 2.49 bits per heavy atom. The maximum absolute atomic E-state index is 14.0. The van der Waals surface area contributed by atoms with Crippen LogP contribution >= 0.6 is 0 Å². The number of amides is 3. The van der Waals surface area contributed by atoms with Gasteiger partial charge in [0.2, 0.25) is 5.91 Å². The molecular formula is C28H36FN3O5. The number of likely N-dealkylation sites (tertiary alicyclic amines) is 1. The molecule has 0 aromatic heterocycles. The minimum Gasteiger partial charge on any atom is -0.494 e. The van der Waals surface area contributed by atoms with Crippen molar-refractivity contribution in [1.29, 1.82) is 0 Å². The molecule has 8 nitrogen and oxygen atoms in total. The maximum atomic E-state index is 14.0. The average Bonchev–Trinajstić information content (AvgIpc) is 3.04. The molecule has 1 atom stereocenters. The Balaban J connectivity index is 1.21. The van der Waals surface area contributed by atoms with E-state index >= 15 is 0 Å². The molecule has 0 bridgehead atoms. The summed E-state index contributed by atoms with van der Waals surface area (Å²) in [6.45, 7) is 3.89. The summed E-state index contributed by atoms with van der Waals surface area (Å²) in [6, 6.07) is 14.2. The summed E-state index contributed by atoms with van der Waals surface area (Å²) in [5.41, 5.74) is 0.755. The van der Waals surface area contributed by atoms with Gasteiger partial charge in [-0.25, -0.2) is 9.18 Å². The SMILES string of the molecule is CO[C@]1(COc2ccccc2F)CCCN(Cc2ccc(OCCCN3C(=O)CN(C)C3=O)cc2)CC1. The molecule has 9 heteroatoms. The van der Waals surface area contributed by atoms with E-state index in [2.05, 4.69) is 17.0 Å². The highest BCUT2D eigenvalue weighted by molar-refractivity contribution is 6.01. The first-order chi connectivity index (χ1) is 17.9. The van der Waals surface area contributed by atoms with Gasteiger partial charge in [0, 0.05) is 33.8 Å². The van der Waals surface area contributed by atoms with Crippen LogP contribution in [0, 0.1) is 5.82 Å². The van der Waals surface area contributed by atoms with Crippen LogP contribution in [0.1, 0.15) is 31.2 Å². The van der Waals surface area contributed by atoms with Gasteiger partial charge < -0.3 is 19.1 Å². The largest absolute Gasteiger partial charge is 0.494 e. The zero-order chi connectivity index (χ0) is 26.3. The number of carbonyl (C=O) groups is 2. The van der Waals surface area contributed by atoms with Crippen LogP contribution in [-0.2, 0) is 16.1 Å². The zero-order valence-corrected chi connectivity index (χ0v) is 21.7. The summed E-state index contributed by atoms with van der Waals surface area (Å²) >= 11 is 0. The number of urea groups is 1. The van der Waals surface area contributed by atoms with Gasteiger partial charge in [0.05, 0.1) is 6.61 Å². The Labute approximate surface area is 217 Å². The van der Waals surface area contributed by atoms with Crippen molar-refractivity contribution in [3.8, 4) is 11.5 Å². The number of para-hydroxylation sites is 1. The number of methoxy groups -OCH3 is 1. The first kappa shape index (κ1) is 26.9. The zero-order valence-electron chi connectivity index (χ0n) is 21.7. The Morgan fingerprint density at radius 2 is 1.78 bits per heavy atom. The summed E-state index contributed by atoms with van der Waals surface area (Å²) in [6.07, 6.45) is 3.21. The lowest BCUT2D eigenvalue weighted by molar-refractivity contribution is -0.125. The molecule has 2 saturated heterocycles. The molecular weight excluding hydrogens is 477 g/mol. The molecule has 3 amide bonds. The highest BCUT2D eigenvalue weighted by Crippen LogP contribution is 2.29. The average molecular weight is 514 g/mol. The van der Waals surface area contributed by atoms with Crippen molar-refractivity contribution in [2.24, 2.45) is 0 Å². The van der Waals surface area contributed by atoms with Gasteiger partial charge in [0.25, 0.3) is 0 Å². The fourth-order valence-corrected chi connectivity index (χ4v) is 4.81. The van der Waals surface area contributed by atoms with Crippen LogP contribution in [0.5, 0.6) is 11.5 Å². The molecule has 200 valence electrons. The second kappa shape index (κ2) is 12.4. The lowest BCUT2D eigenvalue weighted by Crippen LogP contribution is -2.39. The molecule has 2 fully saturated rings. The molecule has 2 aromatic rings. The molecule has 2 heterocycles. The van der Waals surface area contributed by atoms with Gasteiger partial charge in [-0.05, 0) is 62.1 Å². The Hall–Kier alpha value is -3.17. The standard InChI is InChI=1S/C28H36FN3O5/c1-30-20-26(33)32(27(30)34)16-6-18-36-23-11-9-22(10-12-23)19-31-15-5-13-28(35-2,14-17-31)21-37-25-8-4-3-7-24(25)29/h3-4,7-12H,5-6,13-21H2,1-2H3/t28-/m1/s1. The molecule has 0 saturated carbocycles. The fraction of sp³-hybridized carbons (Fsp3) is 0.500. The highest BCUT2D eigenvalue weighted by Gasteiger charge is 2.34. The number of hydrogen-bond donors (Lipinski definition) is 0. The molecule has 0 spiro atoms. The van der Waals surface area contributed by atoms with Crippen LogP contribution in [0.25, 0.3) is 0 Å². The first-order valence-corrected chi connectivity index (χ1v) is 12.8.